The molecule has 0 unspecified atom stereocenters. The molecule has 1 heterocycles. The maximum atomic E-state index is 13.1. The lowest BCUT2D eigenvalue weighted by Crippen LogP contribution is -2.20. The van der Waals surface area contributed by atoms with Crippen molar-refractivity contribution in [1.82, 2.24) is 9.88 Å². The molecule has 0 amide bonds. The zero-order valence-corrected chi connectivity index (χ0v) is 10.8. The van der Waals surface area contributed by atoms with Crippen LogP contribution in [0.5, 0.6) is 0 Å². The van der Waals surface area contributed by atoms with Gasteiger partial charge in [-0.3, -0.25) is 4.98 Å². The summed E-state index contributed by atoms with van der Waals surface area (Å²) in [6, 6.07) is 7.97. The molecule has 1 aromatic carbocycles. The van der Waals surface area contributed by atoms with Gasteiger partial charge in [0, 0.05) is 25.5 Å². The molecule has 0 spiro atoms. The van der Waals surface area contributed by atoms with E-state index in [-0.39, 0.29) is 0 Å². The Morgan fingerprint density at radius 3 is 2.63 bits per heavy atom. The summed E-state index contributed by atoms with van der Waals surface area (Å²) in [5.41, 5.74) is 1.94. The molecular formula is C15H16F2N2. The Hall–Kier alpha value is -1.81. The van der Waals surface area contributed by atoms with E-state index in [1.54, 1.807) is 12.3 Å². The average molecular weight is 262 g/mol. The number of hydrogen-bond donors (Lipinski definition) is 0. The molecule has 2 nitrogen and oxygen atoms in total. The SMILES string of the molecule is CN(CCc1ccc(F)c(F)c1)Cc1cccnc1. The normalized spacial score (nSPS) is 10.9. The lowest BCUT2D eigenvalue weighted by Gasteiger charge is -2.16. The van der Waals surface area contributed by atoms with Crippen LogP contribution < -0.4 is 0 Å². The largest absolute Gasteiger partial charge is 0.302 e. The van der Waals surface area contributed by atoms with Crippen LogP contribution in [0.4, 0.5) is 8.78 Å². The Balaban J connectivity index is 1.86. The fourth-order valence-corrected chi connectivity index (χ4v) is 1.90. The molecule has 0 bridgehead atoms. The third-order valence-electron chi connectivity index (χ3n) is 2.94. The average Bonchev–Trinajstić information content (AvgIpc) is 2.41. The summed E-state index contributed by atoms with van der Waals surface area (Å²) in [5.74, 6) is -1.58. The Morgan fingerprint density at radius 1 is 1.11 bits per heavy atom. The number of hydrogen-bond acceptors (Lipinski definition) is 2. The van der Waals surface area contributed by atoms with Crippen molar-refractivity contribution >= 4 is 0 Å². The van der Waals surface area contributed by atoms with Gasteiger partial charge < -0.3 is 4.90 Å². The van der Waals surface area contributed by atoms with Crippen LogP contribution in [0.25, 0.3) is 0 Å². The second kappa shape index (κ2) is 6.38. The molecule has 0 N–H and O–H groups in total. The molecule has 0 aliphatic heterocycles. The van der Waals surface area contributed by atoms with Gasteiger partial charge in [-0.2, -0.15) is 0 Å². The van der Waals surface area contributed by atoms with Gasteiger partial charge in [0.25, 0.3) is 0 Å². The van der Waals surface area contributed by atoms with E-state index >= 15 is 0 Å². The Morgan fingerprint density at radius 2 is 1.95 bits per heavy atom. The highest BCUT2D eigenvalue weighted by Crippen LogP contribution is 2.10. The molecule has 0 atom stereocenters. The van der Waals surface area contributed by atoms with Crippen LogP contribution in [0.2, 0.25) is 0 Å². The molecule has 1 aromatic heterocycles. The zero-order valence-electron chi connectivity index (χ0n) is 10.8. The topological polar surface area (TPSA) is 16.1 Å². The first-order valence-electron chi connectivity index (χ1n) is 6.16. The number of pyridine rings is 1. The predicted octanol–water partition coefficient (Wildman–Crippen LogP) is 3.03. The van der Waals surface area contributed by atoms with Crippen LogP contribution in [0.1, 0.15) is 11.1 Å². The minimum absolute atomic E-state index is 0.688. The van der Waals surface area contributed by atoms with Crippen molar-refractivity contribution < 1.29 is 8.78 Å². The summed E-state index contributed by atoms with van der Waals surface area (Å²) in [6.45, 7) is 1.57. The molecule has 0 radical (unpaired) electrons. The predicted molar refractivity (Wildman–Crippen MR) is 70.6 cm³/mol. The van der Waals surface area contributed by atoms with Crippen molar-refractivity contribution in [3.63, 3.8) is 0 Å². The number of nitrogens with zero attached hydrogens (tertiary/aromatic N) is 2. The zero-order chi connectivity index (χ0) is 13.7. The summed E-state index contributed by atoms with van der Waals surface area (Å²) in [6.07, 6.45) is 4.26. The fraction of sp³-hybridized carbons (Fsp3) is 0.267. The molecule has 100 valence electrons. The van der Waals surface area contributed by atoms with Crippen LogP contribution in [0.3, 0.4) is 0 Å². The van der Waals surface area contributed by atoms with Gasteiger partial charge in [-0.1, -0.05) is 12.1 Å². The minimum Gasteiger partial charge on any atom is -0.302 e. The van der Waals surface area contributed by atoms with Gasteiger partial charge >= 0.3 is 0 Å². The second-order valence-corrected chi connectivity index (χ2v) is 4.60. The van der Waals surface area contributed by atoms with E-state index in [9.17, 15) is 8.78 Å². The van der Waals surface area contributed by atoms with E-state index in [1.165, 1.54) is 12.1 Å². The third-order valence-corrected chi connectivity index (χ3v) is 2.94. The highest BCUT2D eigenvalue weighted by atomic mass is 19.2. The molecule has 2 rings (SSSR count). The first kappa shape index (κ1) is 13.6. The fourth-order valence-electron chi connectivity index (χ4n) is 1.90. The Labute approximate surface area is 111 Å². The number of rotatable bonds is 5. The van der Waals surface area contributed by atoms with Gasteiger partial charge in [0.15, 0.2) is 11.6 Å². The van der Waals surface area contributed by atoms with E-state index in [2.05, 4.69) is 9.88 Å². The molecular weight excluding hydrogens is 246 g/mol. The molecule has 2 aromatic rings. The van der Waals surface area contributed by atoms with E-state index in [4.69, 9.17) is 0 Å². The number of aromatic nitrogens is 1. The van der Waals surface area contributed by atoms with Crippen molar-refractivity contribution in [2.45, 2.75) is 13.0 Å². The molecule has 0 aliphatic carbocycles. The molecule has 4 heteroatoms. The third kappa shape index (κ3) is 4.10. The van der Waals surface area contributed by atoms with Crippen LogP contribution >= 0.6 is 0 Å². The standard InChI is InChI=1S/C15H16F2N2/c1-19(11-13-3-2-7-18-10-13)8-6-12-4-5-14(16)15(17)9-12/h2-5,7,9-10H,6,8,11H2,1H3. The van der Waals surface area contributed by atoms with Crippen molar-refractivity contribution in [3.05, 3.63) is 65.5 Å². The summed E-state index contributed by atoms with van der Waals surface area (Å²) < 4.78 is 25.8. The smallest absolute Gasteiger partial charge is 0.159 e. The molecule has 0 aliphatic rings. The van der Waals surface area contributed by atoms with E-state index in [0.717, 1.165) is 24.2 Å². The maximum absolute atomic E-state index is 13.1. The summed E-state index contributed by atoms with van der Waals surface area (Å²) >= 11 is 0. The minimum atomic E-state index is -0.799. The van der Waals surface area contributed by atoms with Crippen molar-refractivity contribution in [2.75, 3.05) is 13.6 Å². The van der Waals surface area contributed by atoms with E-state index in [1.807, 2.05) is 25.4 Å². The summed E-state index contributed by atoms with van der Waals surface area (Å²) in [4.78, 5) is 6.18. The number of benzene rings is 1. The second-order valence-electron chi connectivity index (χ2n) is 4.60. The first-order valence-corrected chi connectivity index (χ1v) is 6.16. The van der Waals surface area contributed by atoms with Crippen molar-refractivity contribution in [1.29, 1.82) is 0 Å². The van der Waals surface area contributed by atoms with Crippen LogP contribution in [0, 0.1) is 11.6 Å². The van der Waals surface area contributed by atoms with Gasteiger partial charge in [-0.05, 0) is 42.8 Å². The molecule has 0 saturated carbocycles. The number of halogens is 2. The lowest BCUT2D eigenvalue weighted by atomic mass is 10.1. The van der Waals surface area contributed by atoms with E-state index in [0.29, 0.717) is 6.42 Å². The maximum Gasteiger partial charge on any atom is 0.159 e. The Kier molecular flexibility index (Phi) is 4.58. The molecule has 19 heavy (non-hydrogen) atoms. The molecule has 0 fully saturated rings. The van der Waals surface area contributed by atoms with Crippen molar-refractivity contribution in [3.8, 4) is 0 Å². The van der Waals surface area contributed by atoms with Crippen LogP contribution in [-0.4, -0.2) is 23.5 Å². The van der Waals surface area contributed by atoms with Gasteiger partial charge in [0.2, 0.25) is 0 Å². The molecule has 0 saturated heterocycles. The van der Waals surface area contributed by atoms with Gasteiger partial charge in [-0.15, -0.1) is 0 Å². The monoisotopic (exact) mass is 262 g/mol. The lowest BCUT2D eigenvalue weighted by molar-refractivity contribution is 0.330. The van der Waals surface area contributed by atoms with Gasteiger partial charge in [-0.25, -0.2) is 8.78 Å². The van der Waals surface area contributed by atoms with E-state index < -0.39 is 11.6 Å². The quantitative estimate of drug-likeness (QED) is 0.823. The van der Waals surface area contributed by atoms with Crippen LogP contribution in [0.15, 0.2) is 42.7 Å². The van der Waals surface area contributed by atoms with Gasteiger partial charge in [0.1, 0.15) is 0 Å². The highest BCUT2D eigenvalue weighted by molar-refractivity contribution is 5.18. The highest BCUT2D eigenvalue weighted by Gasteiger charge is 2.04. The van der Waals surface area contributed by atoms with Crippen molar-refractivity contribution in [2.24, 2.45) is 0 Å². The number of likely N-dealkylation sites (N-methyl/N-ethyl adjacent to an activating group) is 1. The van der Waals surface area contributed by atoms with Crippen LogP contribution in [-0.2, 0) is 13.0 Å². The summed E-state index contributed by atoms with van der Waals surface area (Å²) in [5, 5.41) is 0. The summed E-state index contributed by atoms with van der Waals surface area (Å²) in [7, 11) is 1.99. The van der Waals surface area contributed by atoms with Gasteiger partial charge in [0.05, 0.1) is 0 Å². The first-order chi connectivity index (χ1) is 9.15. The Bertz CT molecular complexity index is 529.